The first-order chi connectivity index (χ1) is 22.3. The van der Waals surface area contributed by atoms with Crippen molar-refractivity contribution in [1.82, 2.24) is 19.3 Å². The van der Waals surface area contributed by atoms with E-state index < -0.39 is 0 Å². The Kier molecular flexibility index (Phi) is 5.96. The van der Waals surface area contributed by atoms with Gasteiger partial charge in [0.05, 0.1) is 16.7 Å². The molecule has 3 heterocycles. The lowest BCUT2D eigenvalue weighted by Crippen LogP contribution is -2.02. The molecule has 0 radical (unpaired) electrons. The van der Waals surface area contributed by atoms with Crippen LogP contribution in [0, 0.1) is 0 Å². The lowest BCUT2D eigenvalue weighted by atomic mass is 10.1. The Balaban J connectivity index is 1.28. The van der Waals surface area contributed by atoms with Gasteiger partial charge >= 0.3 is 0 Å². The molecule has 0 aliphatic rings. The quantitative estimate of drug-likeness (QED) is 0.199. The van der Waals surface area contributed by atoms with E-state index in [1.54, 1.807) is 0 Å². The third kappa shape index (κ3) is 4.20. The van der Waals surface area contributed by atoms with Crippen LogP contribution in [0.3, 0.4) is 0 Å². The Labute approximate surface area is 264 Å². The van der Waals surface area contributed by atoms with Crippen molar-refractivity contribution in [2.24, 2.45) is 0 Å². The third-order valence-electron chi connectivity index (χ3n) is 8.45. The molecule has 5 heteroatoms. The fraction of sp³-hybridized carbons (Fsp3) is 0. The fourth-order valence-electron chi connectivity index (χ4n) is 6.42. The topological polar surface area (TPSA) is 35.6 Å². The Morgan fingerprint density at radius 2 is 1.02 bits per heavy atom. The highest BCUT2D eigenvalue weighted by Gasteiger charge is 2.20. The molecule has 3 aromatic heterocycles. The predicted molar refractivity (Wildman–Crippen MR) is 187 cm³/mol. The Morgan fingerprint density at radius 1 is 0.444 bits per heavy atom. The Hall–Kier alpha value is -5.78. The van der Waals surface area contributed by atoms with Crippen LogP contribution in [0.4, 0.5) is 0 Å². The number of aromatic nitrogens is 4. The minimum Gasteiger partial charge on any atom is -0.309 e. The van der Waals surface area contributed by atoms with E-state index in [2.05, 4.69) is 130 Å². The van der Waals surface area contributed by atoms with Crippen LogP contribution in [0.2, 0.25) is 0 Å². The van der Waals surface area contributed by atoms with Gasteiger partial charge in [0.2, 0.25) is 0 Å². The molecule has 0 aliphatic heterocycles. The maximum absolute atomic E-state index is 4.70. The van der Waals surface area contributed by atoms with E-state index in [4.69, 9.17) is 10.2 Å². The van der Waals surface area contributed by atoms with E-state index in [1.807, 2.05) is 47.7 Å². The minimum absolute atomic E-state index is 0.808. The van der Waals surface area contributed by atoms with E-state index in [0.29, 0.717) is 0 Å². The summed E-state index contributed by atoms with van der Waals surface area (Å²) in [6, 6.07) is 55.5. The summed E-state index contributed by atoms with van der Waals surface area (Å²) in [5.41, 5.74) is 7.75. The lowest BCUT2D eigenvalue weighted by molar-refractivity contribution is 1.06. The molecule has 0 unspecified atom stereocenters. The summed E-state index contributed by atoms with van der Waals surface area (Å²) in [5, 5.41) is 13.2. The maximum Gasteiger partial charge on any atom is 0.168 e. The molecule has 9 aromatic rings. The molecule has 45 heavy (non-hydrogen) atoms. The molecule has 0 fully saturated rings. The number of nitrogens with zero attached hydrogens (tertiary/aromatic N) is 4. The fourth-order valence-corrected chi connectivity index (χ4v) is 7.64. The van der Waals surface area contributed by atoms with Gasteiger partial charge in [-0.2, -0.15) is 0 Å². The van der Waals surface area contributed by atoms with Crippen molar-refractivity contribution in [3.05, 3.63) is 158 Å². The van der Waals surface area contributed by atoms with Crippen molar-refractivity contribution < 1.29 is 0 Å². The van der Waals surface area contributed by atoms with Crippen molar-refractivity contribution in [2.75, 3.05) is 0 Å². The lowest BCUT2D eigenvalue weighted by Gasteiger charge is -2.14. The summed E-state index contributed by atoms with van der Waals surface area (Å²) in [6.07, 6.45) is 0. The molecule has 4 nitrogen and oxygen atoms in total. The van der Waals surface area contributed by atoms with Gasteiger partial charge in [0.25, 0.3) is 0 Å². The van der Waals surface area contributed by atoms with Crippen molar-refractivity contribution in [2.45, 2.75) is 0 Å². The first-order valence-electron chi connectivity index (χ1n) is 15.0. The van der Waals surface area contributed by atoms with Gasteiger partial charge < -0.3 is 4.57 Å². The summed E-state index contributed by atoms with van der Waals surface area (Å²) in [5.74, 6) is 1.62. The molecule has 0 bridgehead atoms. The number of hydrogen-bond acceptors (Lipinski definition) is 3. The van der Waals surface area contributed by atoms with Crippen LogP contribution in [-0.2, 0) is 0 Å². The Morgan fingerprint density at radius 3 is 1.69 bits per heavy atom. The van der Waals surface area contributed by atoms with Crippen LogP contribution in [0.5, 0.6) is 0 Å². The smallest absolute Gasteiger partial charge is 0.168 e. The molecule has 0 atom stereocenters. The first kappa shape index (κ1) is 25.7. The zero-order valence-electron chi connectivity index (χ0n) is 24.2. The number of fused-ring (bicyclic) bond motifs is 5. The SMILES string of the molecule is c1ccc(-c2cc3ccc4c(c5ccccc5n4-c4cccc(-n5c(-c6ccccc6)nnc5-c5ccccc5)c4)c3s2)cc1. The van der Waals surface area contributed by atoms with E-state index in [0.717, 1.165) is 34.2 Å². The molecule has 6 aromatic carbocycles. The molecule has 212 valence electrons. The highest BCUT2D eigenvalue weighted by atomic mass is 32.1. The highest BCUT2D eigenvalue weighted by molar-refractivity contribution is 7.23. The maximum atomic E-state index is 4.70. The average molecular weight is 595 g/mol. The molecule has 0 N–H and O–H groups in total. The molecule has 0 saturated carbocycles. The second kappa shape index (κ2) is 10.4. The van der Waals surface area contributed by atoms with E-state index >= 15 is 0 Å². The summed E-state index contributed by atoms with van der Waals surface area (Å²) >= 11 is 1.87. The van der Waals surface area contributed by atoms with Crippen molar-refractivity contribution in [1.29, 1.82) is 0 Å². The molecular formula is C40H26N4S. The van der Waals surface area contributed by atoms with Gasteiger partial charge in [0.1, 0.15) is 0 Å². The van der Waals surface area contributed by atoms with Gasteiger partial charge in [0, 0.05) is 37.2 Å². The number of rotatable bonds is 5. The third-order valence-corrected chi connectivity index (χ3v) is 9.67. The normalized spacial score (nSPS) is 11.6. The summed E-state index contributed by atoms with van der Waals surface area (Å²) in [7, 11) is 0. The number of para-hydroxylation sites is 1. The van der Waals surface area contributed by atoms with E-state index in [1.165, 1.54) is 42.3 Å². The molecule has 0 saturated heterocycles. The van der Waals surface area contributed by atoms with Crippen LogP contribution in [0.25, 0.3) is 76.5 Å². The Bertz CT molecular complexity index is 2410. The van der Waals surface area contributed by atoms with Crippen LogP contribution in [0.15, 0.2) is 158 Å². The van der Waals surface area contributed by atoms with Crippen LogP contribution in [-0.4, -0.2) is 19.3 Å². The second-order valence-corrected chi connectivity index (χ2v) is 12.2. The van der Waals surface area contributed by atoms with Gasteiger partial charge in [-0.15, -0.1) is 21.5 Å². The molecule has 9 rings (SSSR count). The molecule has 0 spiro atoms. The zero-order valence-corrected chi connectivity index (χ0v) is 25.0. The first-order valence-corrected chi connectivity index (χ1v) is 15.8. The second-order valence-electron chi connectivity index (χ2n) is 11.1. The standard InChI is InChI=1S/C40H26N4S/c1-4-13-27(14-5-1)36-25-30-23-24-35-37(38(30)45-36)33-21-10-11-22-34(33)43(35)31-19-12-20-32(26-31)44-39(28-15-6-2-7-16-28)41-42-40(44)29-17-8-3-9-18-29/h1-26H. The highest BCUT2D eigenvalue weighted by Crippen LogP contribution is 2.43. The van der Waals surface area contributed by atoms with Gasteiger partial charge in [-0.1, -0.05) is 121 Å². The van der Waals surface area contributed by atoms with Crippen LogP contribution in [0.1, 0.15) is 0 Å². The van der Waals surface area contributed by atoms with Crippen molar-refractivity contribution in [3.63, 3.8) is 0 Å². The van der Waals surface area contributed by atoms with Crippen LogP contribution < -0.4 is 0 Å². The molecular weight excluding hydrogens is 569 g/mol. The average Bonchev–Trinajstić information content (AvgIpc) is 3.83. The summed E-state index contributed by atoms with van der Waals surface area (Å²) in [6.45, 7) is 0. The number of thiophene rings is 1. The minimum atomic E-state index is 0.808. The van der Waals surface area contributed by atoms with E-state index in [9.17, 15) is 0 Å². The van der Waals surface area contributed by atoms with Crippen molar-refractivity contribution in [3.8, 4) is 44.6 Å². The van der Waals surface area contributed by atoms with E-state index in [-0.39, 0.29) is 0 Å². The zero-order chi connectivity index (χ0) is 29.7. The van der Waals surface area contributed by atoms with Crippen LogP contribution >= 0.6 is 11.3 Å². The van der Waals surface area contributed by atoms with Gasteiger partial charge in [-0.3, -0.25) is 4.57 Å². The monoisotopic (exact) mass is 594 g/mol. The summed E-state index contributed by atoms with van der Waals surface area (Å²) < 4.78 is 5.88. The number of benzene rings is 6. The van der Waals surface area contributed by atoms with Gasteiger partial charge in [-0.25, -0.2) is 0 Å². The molecule has 0 aliphatic carbocycles. The number of hydrogen-bond donors (Lipinski definition) is 0. The molecule has 0 amide bonds. The predicted octanol–water partition coefficient (Wildman–Crippen LogP) is 10.6. The van der Waals surface area contributed by atoms with Gasteiger partial charge in [-0.05, 0) is 47.3 Å². The van der Waals surface area contributed by atoms with Crippen molar-refractivity contribution >= 4 is 43.2 Å². The van der Waals surface area contributed by atoms with Gasteiger partial charge in [0.15, 0.2) is 11.6 Å². The summed E-state index contributed by atoms with van der Waals surface area (Å²) in [4.78, 5) is 1.28. The largest absolute Gasteiger partial charge is 0.309 e.